The summed E-state index contributed by atoms with van der Waals surface area (Å²) in [7, 11) is 0. The quantitative estimate of drug-likeness (QED) is 0.824. The Kier molecular flexibility index (Phi) is 5.96. The lowest BCUT2D eigenvalue weighted by molar-refractivity contribution is -0.0467. The fourth-order valence-corrected chi connectivity index (χ4v) is 4.68. The molecule has 7 heteroatoms. The Morgan fingerprint density at radius 2 is 1.68 bits per heavy atom. The van der Waals surface area contributed by atoms with Crippen molar-refractivity contribution in [3.63, 3.8) is 0 Å². The van der Waals surface area contributed by atoms with Crippen molar-refractivity contribution in [3.05, 3.63) is 71.5 Å². The number of nitrogens with one attached hydrogen (secondary N) is 1. The van der Waals surface area contributed by atoms with E-state index in [-0.39, 0.29) is 29.3 Å². The minimum atomic E-state index is -0.354. The molecule has 2 fully saturated rings. The minimum Gasteiger partial charge on any atom is -0.336 e. The maximum absolute atomic E-state index is 13.2. The topological polar surface area (TPSA) is 55.9 Å². The number of urea groups is 1. The predicted molar refractivity (Wildman–Crippen MR) is 117 cm³/mol. The van der Waals surface area contributed by atoms with E-state index in [2.05, 4.69) is 24.1 Å². The highest BCUT2D eigenvalue weighted by Gasteiger charge is 2.44. The van der Waals surface area contributed by atoms with Crippen LogP contribution in [0, 0.1) is 5.82 Å². The van der Waals surface area contributed by atoms with E-state index in [9.17, 15) is 14.0 Å². The first-order valence-electron chi connectivity index (χ1n) is 10.7. The van der Waals surface area contributed by atoms with Gasteiger partial charge >= 0.3 is 6.03 Å². The van der Waals surface area contributed by atoms with Crippen LogP contribution < -0.4 is 5.32 Å². The highest BCUT2D eigenvalue weighted by Crippen LogP contribution is 2.28. The summed E-state index contributed by atoms with van der Waals surface area (Å²) < 4.78 is 13.2. The van der Waals surface area contributed by atoms with E-state index in [1.54, 1.807) is 0 Å². The number of hydrogen-bond acceptors (Lipinski definition) is 3. The molecule has 6 nitrogen and oxygen atoms in total. The molecule has 2 heterocycles. The summed E-state index contributed by atoms with van der Waals surface area (Å²) in [5, 5.41) is 3.02. The monoisotopic (exact) mass is 424 g/mol. The van der Waals surface area contributed by atoms with Crippen molar-refractivity contribution in [1.82, 2.24) is 20.0 Å². The maximum Gasteiger partial charge on any atom is 0.317 e. The van der Waals surface area contributed by atoms with Gasteiger partial charge in [0.05, 0.1) is 0 Å². The first kappa shape index (κ1) is 21.3. The minimum absolute atomic E-state index is 0.0596. The van der Waals surface area contributed by atoms with Crippen LogP contribution in [-0.4, -0.2) is 70.9 Å². The molecule has 1 atom stereocenters. The molecule has 164 valence electrons. The summed E-state index contributed by atoms with van der Waals surface area (Å²) in [6.07, 6.45) is 0. The van der Waals surface area contributed by atoms with E-state index in [1.165, 1.54) is 24.3 Å². The number of carbonyl (C=O) groups excluding carboxylic acids is 2. The Labute approximate surface area is 182 Å². The molecule has 31 heavy (non-hydrogen) atoms. The third-order valence-electron chi connectivity index (χ3n) is 6.22. The second-order valence-electron chi connectivity index (χ2n) is 8.94. The van der Waals surface area contributed by atoms with Gasteiger partial charge in [-0.1, -0.05) is 30.3 Å². The van der Waals surface area contributed by atoms with Crippen molar-refractivity contribution >= 4 is 11.9 Å². The third kappa shape index (κ3) is 4.71. The van der Waals surface area contributed by atoms with Gasteiger partial charge < -0.3 is 15.1 Å². The normalized spacial score (nSPS) is 20.8. The summed E-state index contributed by atoms with van der Waals surface area (Å²) in [6.45, 7) is 7.90. The molecule has 2 aliphatic rings. The zero-order valence-corrected chi connectivity index (χ0v) is 18.1. The molecule has 0 unspecified atom stereocenters. The van der Waals surface area contributed by atoms with Crippen LogP contribution >= 0.6 is 0 Å². The Hall–Kier alpha value is -2.93. The van der Waals surface area contributed by atoms with Gasteiger partial charge in [0.25, 0.3) is 5.91 Å². The van der Waals surface area contributed by atoms with Gasteiger partial charge in [0.1, 0.15) is 5.82 Å². The number of nitrogens with zero attached hydrogens (tertiary/aromatic N) is 3. The first-order chi connectivity index (χ1) is 14.8. The molecule has 1 N–H and O–H groups in total. The predicted octanol–water partition coefficient (Wildman–Crippen LogP) is 2.96. The molecule has 0 saturated carbocycles. The van der Waals surface area contributed by atoms with Crippen LogP contribution in [0.5, 0.6) is 0 Å². The van der Waals surface area contributed by atoms with Crippen LogP contribution in [0.3, 0.4) is 0 Å². The Balaban J connectivity index is 1.42. The number of fused-ring (bicyclic) bond motifs is 1. The molecule has 0 bridgehead atoms. The molecular formula is C24H29FN4O2. The molecule has 0 radical (unpaired) electrons. The van der Waals surface area contributed by atoms with Crippen molar-refractivity contribution in [2.24, 2.45) is 0 Å². The van der Waals surface area contributed by atoms with Crippen molar-refractivity contribution in [2.45, 2.75) is 32.0 Å². The third-order valence-corrected chi connectivity index (χ3v) is 6.22. The number of amides is 3. The number of carbonyl (C=O) groups is 2. The van der Waals surface area contributed by atoms with E-state index < -0.39 is 0 Å². The van der Waals surface area contributed by atoms with Crippen molar-refractivity contribution in [2.75, 3.05) is 32.7 Å². The van der Waals surface area contributed by atoms with E-state index >= 15 is 0 Å². The van der Waals surface area contributed by atoms with Crippen LogP contribution in [0.1, 0.15) is 29.8 Å². The molecule has 3 amide bonds. The average Bonchev–Trinajstić information content (AvgIpc) is 2.77. The molecular weight excluding hydrogens is 395 g/mol. The Morgan fingerprint density at radius 3 is 2.39 bits per heavy atom. The second kappa shape index (κ2) is 8.67. The van der Waals surface area contributed by atoms with Gasteiger partial charge in [-0.15, -0.1) is 0 Å². The maximum atomic E-state index is 13.2. The van der Waals surface area contributed by atoms with E-state index in [1.807, 2.05) is 40.1 Å². The zero-order chi connectivity index (χ0) is 22.0. The first-order valence-corrected chi connectivity index (χ1v) is 10.7. The smallest absolute Gasteiger partial charge is 0.317 e. The summed E-state index contributed by atoms with van der Waals surface area (Å²) in [4.78, 5) is 31.9. The van der Waals surface area contributed by atoms with Crippen molar-refractivity contribution in [3.8, 4) is 0 Å². The van der Waals surface area contributed by atoms with Crippen molar-refractivity contribution < 1.29 is 14.0 Å². The van der Waals surface area contributed by atoms with Crippen LogP contribution in [0.4, 0.5) is 9.18 Å². The molecule has 0 spiro atoms. The number of piperazine rings is 2. The van der Waals surface area contributed by atoms with Crippen LogP contribution in [0.2, 0.25) is 0 Å². The highest BCUT2D eigenvalue weighted by atomic mass is 19.1. The van der Waals surface area contributed by atoms with Crippen LogP contribution in [0.25, 0.3) is 0 Å². The summed E-state index contributed by atoms with van der Waals surface area (Å²) in [5.74, 6) is -0.448. The average molecular weight is 425 g/mol. The largest absolute Gasteiger partial charge is 0.336 e. The summed E-state index contributed by atoms with van der Waals surface area (Å²) >= 11 is 0. The van der Waals surface area contributed by atoms with E-state index in [4.69, 9.17) is 0 Å². The van der Waals surface area contributed by atoms with Gasteiger partial charge in [-0.05, 0) is 43.7 Å². The molecule has 2 saturated heterocycles. The SMILES string of the molecule is CC1(C)CN(C(=O)NCc2ccccc2)C[C@@H]2CN(C(=O)c3ccc(F)cc3)CCN21. The standard InChI is InChI=1S/C24H29FN4O2/c1-24(2)17-28(23(31)26-14-18-6-4-3-5-7-18)16-21-15-27(12-13-29(21)24)22(30)19-8-10-20(25)11-9-19/h3-11,21H,12-17H2,1-2H3,(H,26,31)/t21-/m0/s1. The fraction of sp³-hybridized carbons (Fsp3) is 0.417. The lowest BCUT2D eigenvalue weighted by Gasteiger charge is -2.55. The lowest BCUT2D eigenvalue weighted by Crippen LogP contribution is -2.71. The Bertz CT molecular complexity index is 932. The lowest BCUT2D eigenvalue weighted by atomic mass is 9.92. The number of hydrogen-bond donors (Lipinski definition) is 1. The summed E-state index contributed by atoms with van der Waals surface area (Å²) in [5.41, 5.74) is 1.36. The van der Waals surface area contributed by atoms with Crippen LogP contribution in [-0.2, 0) is 6.54 Å². The Morgan fingerprint density at radius 1 is 1.00 bits per heavy atom. The van der Waals surface area contributed by atoms with Crippen molar-refractivity contribution in [1.29, 1.82) is 0 Å². The van der Waals surface area contributed by atoms with Gasteiger partial charge in [0, 0.05) is 56.4 Å². The van der Waals surface area contributed by atoms with Gasteiger partial charge in [-0.2, -0.15) is 0 Å². The molecule has 0 aromatic heterocycles. The van der Waals surface area contributed by atoms with E-state index in [0.29, 0.717) is 38.3 Å². The van der Waals surface area contributed by atoms with Gasteiger partial charge in [0.15, 0.2) is 0 Å². The molecule has 2 aromatic carbocycles. The molecule has 2 aliphatic heterocycles. The number of rotatable bonds is 3. The fourth-order valence-electron chi connectivity index (χ4n) is 4.68. The summed E-state index contributed by atoms with van der Waals surface area (Å²) in [6, 6.07) is 15.5. The number of benzene rings is 2. The molecule has 2 aromatic rings. The molecule has 4 rings (SSSR count). The highest BCUT2D eigenvalue weighted by molar-refractivity contribution is 5.94. The zero-order valence-electron chi connectivity index (χ0n) is 18.1. The molecule has 0 aliphatic carbocycles. The van der Waals surface area contributed by atoms with Gasteiger partial charge in [-0.25, -0.2) is 9.18 Å². The van der Waals surface area contributed by atoms with Gasteiger partial charge in [-0.3, -0.25) is 9.69 Å². The second-order valence-corrected chi connectivity index (χ2v) is 8.94. The van der Waals surface area contributed by atoms with Crippen LogP contribution in [0.15, 0.2) is 54.6 Å². The number of halogens is 1. The van der Waals surface area contributed by atoms with Gasteiger partial charge in [0.2, 0.25) is 0 Å². The van der Waals surface area contributed by atoms with E-state index in [0.717, 1.165) is 12.1 Å².